The van der Waals surface area contributed by atoms with Crippen LogP contribution in [0.25, 0.3) is 0 Å². The summed E-state index contributed by atoms with van der Waals surface area (Å²) in [7, 11) is 0. The molecule has 2 fully saturated rings. The summed E-state index contributed by atoms with van der Waals surface area (Å²) in [6.07, 6.45) is 0. The fraction of sp³-hybridized carbons (Fsp3) is 0.562. The van der Waals surface area contributed by atoms with Crippen LogP contribution >= 0.6 is 11.6 Å². The molecule has 1 aromatic rings. The van der Waals surface area contributed by atoms with Gasteiger partial charge in [0.1, 0.15) is 12.4 Å². The Bertz CT molecular complexity index is 537. The highest BCUT2D eigenvalue weighted by Gasteiger charge is 2.57. The molecule has 3 atom stereocenters. The van der Waals surface area contributed by atoms with Crippen LogP contribution in [0.2, 0.25) is 5.02 Å². The van der Waals surface area contributed by atoms with Crippen LogP contribution in [0.4, 0.5) is 0 Å². The predicted molar refractivity (Wildman–Crippen MR) is 82.5 cm³/mol. The Kier molecular flexibility index (Phi) is 3.84. The van der Waals surface area contributed by atoms with Crippen molar-refractivity contribution in [3.63, 3.8) is 0 Å². The summed E-state index contributed by atoms with van der Waals surface area (Å²) in [6, 6.07) is 7.37. The summed E-state index contributed by atoms with van der Waals surface area (Å²) < 4.78 is 5.74. The lowest BCUT2D eigenvalue weighted by atomic mass is 10.1. The first-order valence-corrected chi connectivity index (χ1v) is 7.76. The first-order valence-electron chi connectivity index (χ1n) is 7.38. The normalized spacial score (nSPS) is 27.1. The Hall–Kier alpha value is -1.26. The molecule has 0 aromatic heterocycles. The van der Waals surface area contributed by atoms with E-state index in [0.717, 1.165) is 13.1 Å². The first-order chi connectivity index (χ1) is 9.98. The van der Waals surface area contributed by atoms with Crippen molar-refractivity contribution in [1.82, 2.24) is 10.6 Å². The average Bonchev–Trinajstić information content (AvgIpc) is 2.92. The van der Waals surface area contributed by atoms with Crippen molar-refractivity contribution in [1.29, 1.82) is 0 Å². The van der Waals surface area contributed by atoms with Crippen LogP contribution in [-0.2, 0) is 4.79 Å². The molecule has 1 aliphatic heterocycles. The van der Waals surface area contributed by atoms with Gasteiger partial charge in [-0.2, -0.15) is 0 Å². The van der Waals surface area contributed by atoms with Gasteiger partial charge in [-0.05, 0) is 50.9 Å². The molecule has 1 amide bonds. The van der Waals surface area contributed by atoms with Crippen molar-refractivity contribution in [2.24, 2.45) is 17.8 Å². The standard InChI is InChI=1S/C16H21ClN2O2/c1-16(2,9-21-13-6-4-3-5-12(13)17)19-15(20)14-10-7-18-8-11(10)14/h3-6,10-11,14,18H,7-9H2,1-2H3,(H,19,20)/t10-,11+,14?. The van der Waals surface area contributed by atoms with Gasteiger partial charge in [-0.25, -0.2) is 0 Å². The molecule has 1 aliphatic carbocycles. The molecule has 1 aromatic carbocycles. The summed E-state index contributed by atoms with van der Waals surface area (Å²) in [4.78, 5) is 12.3. The van der Waals surface area contributed by atoms with Gasteiger partial charge in [-0.1, -0.05) is 23.7 Å². The van der Waals surface area contributed by atoms with E-state index < -0.39 is 5.54 Å². The van der Waals surface area contributed by atoms with Crippen LogP contribution in [-0.4, -0.2) is 31.1 Å². The van der Waals surface area contributed by atoms with E-state index in [0.29, 0.717) is 29.2 Å². The van der Waals surface area contributed by atoms with Gasteiger partial charge in [0.15, 0.2) is 0 Å². The minimum Gasteiger partial charge on any atom is -0.490 e. The van der Waals surface area contributed by atoms with Gasteiger partial charge in [0.2, 0.25) is 5.91 Å². The Morgan fingerprint density at radius 2 is 2.05 bits per heavy atom. The van der Waals surface area contributed by atoms with Crippen molar-refractivity contribution in [2.75, 3.05) is 19.7 Å². The van der Waals surface area contributed by atoms with Crippen LogP contribution < -0.4 is 15.4 Å². The number of nitrogens with one attached hydrogen (secondary N) is 2. The summed E-state index contributed by atoms with van der Waals surface area (Å²) in [5, 5.41) is 6.99. The van der Waals surface area contributed by atoms with E-state index in [1.165, 1.54) is 0 Å². The van der Waals surface area contributed by atoms with Gasteiger partial charge >= 0.3 is 0 Å². The molecule has 3 rings (SSSR count). The highest BCUT2D eigenvalue weighted by molar-refractivity contribution is 6.32. The Labute approximate surface area is 130 Å². The monoisotopic (exact) mass is 308 g/mol. The minimum atomic E-state index is -0.416. The second-order valence-electron chi connectivity index (χ2n) is 6.60. The molecule has 2 aliphatic rings. The highest BCUT2D eigenvalue weighted by Crippen LogP contribution is 2.48. The van der Waals surface area contributed by atoms with Gasteiger partial charge in [-0.15, -0.1) is 0 Å². The summed E-state index contributed by atoms with van der Waals surface area (Å²) >= 11 is 6.06. The molecule has 4 nitrogen and oxygen atoms in total. The number of piperidine rings is 1. The van der Waals surface area contributed by atoms with Crippen molar-refractivity contribution < 1.29 is 9.53 Å². The first kappa shape index (κ1) is 14.7. The van der Waals surface area contributed by atoms with Crippen LogP contribution in [0.15, 0.2) is 24.3 Å². The van der Waals surface area contributed by atoms with Crippen molar-refractivity contribution in [3.8, 4) is 5.75 Å². The topological polar surface area (TPSA) is 50.4 Å². The predicted octanol–water partition coefficient (Wildman–Crippen LogP) is 2.08. The van der Waals surface area contributed by atoms with Gasteiger partial charge < -0.3 is 15.4 Å². The number of fused-ring (bicyclic) bond motifs is 1. The number of amides is 1. The molecule has 21 heavy (non-hydrogen) atoms. The van der Waals surface area contributed by atoms with Crippen molar-refractivity contribution in [3.05, 3.63) is 29.3 Å². The molecule has 1 saturated heterocycles. The van der Waals surface area contributed by atoms with Crippen LogP contribution in [0, 0.1) is 17.8 Å². The Morgan fingerprint density at radius 3 is 2.71 bits per heavy atom. The highest BCUT2D eigenvalue weighted by atomic mass is 35.5. The number of ether oxygens (including phenoxy) is 1. The quantitative estimate of drug-likeness (QED) is 0.875. The molecular formula is C16H21ClN2O2. The number of hydrogen-bond acceptors (Lipinski definition) is 3. The van der Waals surface area contributed by atoms with E-state index >= 15 is 0 Å². The number of hydrogen-bond donors (Lipinski definition) is 2. The largest absolute Gasteiger partial charge is 0.490 e. The fourth-order valence-corrected chi connectivity index (χ4v) is 3.27. The molecule has 0 radical (unpaired) electrons. The SMILES string of the molecule is CC(C)(COc1ccccc1Cl)NC(=O)C1[C@H]2CNC[C@@H]12. The van der Waals surface area contributed by atoms with Crippen LogP contribution in [0.3, 0.4) is 0 Å². The third-order valence-corrected chi connectivity index (χ3v) is 4.59. The smallest absolute Gasteiger partial charge is 0.224 e. The molecule has 5 heteroatoms. The third kappa shape index (κ3) is 3.16. The Morgan fingerprint density at radius 1 is 1.38 bits per heavy atom. The number of rotatable bonds is 5. The maximum atomic E-state index is 12.3. The number of halogens is 1. The number of carbonyl (C=O) groups excluding carboxylic acids is 1. The molecule has 114 valence electrons. The molecule has 1 unspecified atom stereocenters. The molecule has 1 heterocycles. The summed E-state index contributed by atoms with van der Waals surface area (Å²) in [5.74, 6) is 2.05. The van der Waals surface area contributed by atoms with Gasteiger partial charge in [0, 0.05) is 5.92 Å². The van der Waals surface area contributed by atoms with Gasteiger partial charge in [-0.3, -0.25) is 4.79 Å². The number of para-hydroxylation sites is 1. The zero-order chi connectivity index (χ0) is 15.0. The average molecular weight is 309 g/mol. The lowest BCUT2D eigenvalue weighted by Gasteiger charge is -2.27. The number of benzene rings is 1. The van der Waals surface area contributed by atoms with E-state index in [9.17, 15) is 4.79 Å². The van der Waals surface area contributed by atoms with Crippen LogP contribution in [0.1, 0.15) is 13.8 Å². The van der Waals surface area contributed by atoms with Crippen molar-refractivity contribution in [2.45, 2.75) is 19.4 Å². The third-order valence-electron chi connectivity index (χ3n) is 4.28. The zero-order valence-electron chi connectivity index (χ0n) is 12.4. The molecule has 1 saturated carbocycles. The Balaban J connectivity index is 1.52. The zero-order valence-corrected chi connectivity index (χ0v) is 13.1. The van der Waals surface area contributed by atoms with E-state index in [1.807, 2.05) is 32.0 Å². The second-order valence-corrected chi connectivity index (χ2v) is 7.01. The van der Waals surface area contributed by atoms with Crippen molar-refractivity contribution >= 4 is 17.5 Å². The van der Waals surface area contributed by atoms with E-state index in [4.69, 9.17) is 16.3 Å². The minimum absolute atomic E-state index is 0.152. The van der Waals surface area contributed by atoms with E-state index in [-0.39, 0.29) is 11.8 Å². The lowest BCUT2D eigenvalue weighted by molar-refractivity contribution is -0.125. The summed E-state index contributed by atoms with van der Waals surface area (Å²) in [5.41, 5.74) is -0.416. The molecule has 0 bridgehead atoms. The van der Waals surface area contributed by atoms with E-state index in [1.54, 1.807) is 6.07 Å². The van der Waals surface area contributed by atoms with E-state index in [2.05, 4.69) is 10.6 Å². The number of carbonyl (C=O) groups is 1. The van der Waals surface area contributed by atoms with Crippen LogP contribution in [0.5, 0.6) is 5.75 Å². The molecular weight excluding hydrogens is 288 g/mol. The van der Waals surface area contributed by atoms with Gasteiger partial charge in [0.25, 0.3) is 0 Å². The summed E-state index contributed by atoms with van der Waals surface area (Å²) in [6.45, 7) is 6.28. The maximum absolute atomic E-state index is 12.3. The molecule has 0 spiro atoms. The van der Waals surface area contributed by atoms with Gasteiger partial charge in [0.05, 0.1) is 10.6 Å². The molecule has 2 N–H and O–H groups in total. The lowest BCUT2D eigenvalue weighted by Crippen LogP contribution is -2.49. The maximum Gasteiger partial charge on any atom is 0.224 e. The fourth-order valence-electron chi connectivity index (χ4n) is 3.08. The second kappa shape index (κ2) is 5.50.